The molecule has 100 valence electrons. The summed E-state index contributed by atoms with van der Waals surface area (Å²) in [4.78, 5) is 12.2. The zero-order valence-electron chi connectivity index (χ0n) is 10.4. The molecule has 0 aliphatic carbocycles. The monoisotopic (exact) mass is 339 g/mol. The maximum absolute atomic E-state index is 11.2. The molecule has 0 fully saturated rings. The van der Waals surface area contributed by atoms with Gasteiger partial charge in [0.2, 0.25) is 0 Å². The van der Waals surface area contributed by atoms with Crippen molar-refractivity contribution in [1.82, 2.24) is 0 Å². The smallest absolute Gasteiger partial charge is 0.338 e. The molecule has 0 saturated carbocycles. The van der Waals surface area contributed by atoms with Crippen LogP contribution >= 0.6 is 27.3 Å². The SMILES string of the molecule is Cc1sc(N)c(C(=O)O)c1CCc1ccc(Br)cc1. The second kappa shape index (κ2) is 5.75. The van der Waals surface area contributed by atoms with E-state index in [1.807, 2.05) is 31.2 Å². The van der Waals surface area contributed by atoms with E-state index in [4.69, 9.17) is 5.73 Å². The lowest BCUT2D eigenvalue weighted by Gasteiger charge is -2.04. The number of halogens is 1. The van der Waals surface area contributed by atoms with Crippen LogP contribution in [0.5, 0.6) is 0 Å². The third-order valence-electron chi connectivity index (χ3n) is 3.03. The van der Waals surface area contributed by atoms with Gasteiger partial charge in [-0.15, -0.1) is 11.3 Å². The van der Waals surface area contributed by atoms with Crippen LogP contribution in [0.3, 0.4) is 0 Å². The highest BCUT2D eigenvalue weighted by molar-refractivity contribution is 9.10. The Hall–Kier alpha value is -1.33. The van der Waals surface area contributed by atoms with Crippen molar-refractivity contribution in [2.75, 3.05) is 5.73 Å². The molecule has 3 nitrogen and oxygen atoms in total. The van der Waals surface area contributed by atoms with Crippen molar-refractivity contribution in [3.63, 3.8) is 0 Å². The first kappa shape index (κ1) is 14.1. The van der Waals surface area contributed by atoms with Crippen molar-refractivity contribution in [3.05, 3.63) is 50.3 Å². The molecule has 0 amide bonds. The average molecular weight is 340 g/mol. The number of thiophene rings is 1. The van der Waals surface area contributed by atoms with Gasteiger partial charge in [-0.3, -0.25) is 0 Å². The number of rotatable bonds is 4. The van der Waals surface area contributed by atoms with Gasteiger partial charge in [0.05, 0.1) is 5.56 Å². The Balaban J connectivity index is 2.20. The van der Waals surface area contributed by atoms with E-state index in [-0.39, 0.29) is 5.56 Å². The van der Waals surface area contributed by atoms with Gasteiger partial charge in [0.25, 0.3) is 0 Å². The predicted octanol–water partition coefficient (Wildman–Crippen LogP) is 3.88. The molecule has 0 bridgehead atoms. The summed E-state index contributed by atoms with van der Waals surface area (Å²) in [6, 6.07) is 8.05. The fourth-order valence-corrected chi connectivity index (χ4v) is 3.29. The zero-order valence-corrected chi connectivity index (χ0v) is 12.8. The normalized spacial score (nSPS) is 10.6. The lowest BCUT2D eigenvalue weighted by Crippen LogP contribution is -2.04. The highest BCUT2D eigenvalue weighted by Gasteiger charge is 2.19. The molecule has 1 aromatic carbocycles. The Labute approximate surface area is 124 Å². The molecule has 2 rings (SSSR count). The van der Waals surface area contributed by atoms with E-state index < -0.39 is 5.97 Å². The van der Waals surface area contributed by atoms with Crippen LogP contribution in [0.1, 0.15) is 26.4 Å². The summed E-state index contributed by atoms with van der Waals surface area (Å²) in [5, 5.41) is 9.61. The van der Waals surface area contributed by atoms with Crippen molar-refractivity contribution < 1.29 is 9.90 Å². The highest BCUT2D eigenvalue weighted by Crippen LogP contribution is 2.31. The summed E-state index contributed by atoms with van der Waals surface area (Å²) >= 11 is 4.75. The van der Waals surface area contributed by atoms with Crippen LogP contribution in [0.2, 0.25) is 0 Å². The van der Waals surface area contributed by atoms with Crippen LogP contribution in [-0.2, 0) is 12.8 Å². The molecule has 0 aliphatic heterocycles. The lowest BCUT2D eigenvalue weighted by molar-refractivity contribution is 0.0697. The first-order valence-corrected chi connectivity index (χ1v) is 7.45. The van der Waals surface area contributed by atoms with Crippen LogP contribution < -0.4 is 5.73 Å². The van der Waals surface area contributed by atoms with Gasteiger partial charge in [-0.25, -0.2) is 4.79 Å². The summed E-state index contributed by atoms with van der Waals surface area (Å²) in [6.07, 6.45) is 1.51. The Morgan fingerprint density at radius 2 is 1.95 bits per heavy atom. The summed E-state index contributed by atoms with van der Waals surface area (Å²) in [7, 11) is 0. The van der Waals surface area contributed by atoms with Crippen molar-refractivity contribution in [1.29, 1.82) is 0 Å². The van der Waals surface area contributed by atoms with Crippen molar-refractivity contribution in [3.8, 4) is 0 Å². The van der Waals surface area contributed by atoms with Gasteiger partial charge >= 0.3 is 5.97 Å². The molecular formula is C14H14BrNO2S. The number of aryl methyl sites for hydroxylation is 2. The van der Waals surface area contributed by atoms with E-state index in [0.717, 1.165) is 21.3 Å². The summed E-state index contributed by atoms with van der Waals surface area (Å²) in [5.74, 6) is -0.937. The molecule has 19 heavy (non-hydrogen) atoms. The topological polar surface area (TPSA) is 63.3 Å². The molecule has 1 aromatic heterocycles. The van der Waals surface area contributed by atoms with E-state index in [0.29, 0.717) is 11.4 Å². The number of carboxylic acids is 1. The van der Waals surface area contributed by atoms with Crippen LogP contribution in [0.25, 0.3) is 0 Å². The number of anilines is 1. The zero-order chi connectivity index (χ0) is 14.0. The highest BCUT2D eigenvalue weighted by atomic mass is 79.9. The molecule has 0 spiro atoms. The Bertz CT molecular complexity index is 605. The van der Waals surface area contributed by atoms with Gasteiger partial charge < -0.3 is 10.8 Å². The van der Waals surface area contributed by atoms with Gasteiger partial charge in [0.15, 0.2) is 0 Å². The standard InChI is InChI=1S/C14H14BrNO2S/c1-8-11(12(14(17)18)13(16)19-8)7-4-9-2-5-10(15)6-3-9/h2-3,5-6H,4,7,16H2,1H3,(H,17,18). The number of aromatic carboxylic acids is 1. The second-order valence-electron chi connectivity index (χ2n) is 4.31. The lowest BCUT2D eigenvalue weighted by atomic mass is 10.0. The molecule has 0 aliphatic rings. The van der Waals surface area contributed by atoms with Crippen LogP contribution in [-0.4, -0.2) is 11.1 Å². The number of hydrogen-bond donors (Lipinski definition) is 2. The van der Waals surface area contributed by atoms with Crippen molar-refractivity contribution in [2.24, 2.45) is 0 Å². The van der Waals surface area contributed by atoms with Gasteiger partial charge in [0.1, 0.15) is 5.00 Å². The second-order valence-corrected chi connectivity index (χ2v) is 6.48. The summed E-state index contributed by atoms with van der Waals surface area (Å²) in [5.41, 5.74) is 8.08. The predicted molar refractivity (Wildman–Crippen MR) is 82.0 cm³/mol. The minimum absolute atomic E-state index is 0.277. The minimum Gasteiger partial charge on any atom is -0.478 e. The third kappa shape index (κ3) is 3.16. The molecule has 0 radical (unpaired) electrons. The third-order valence-corrected chi connectivity index (χ3v) is 4.53. The van der Waals surface area contributed by atoms with E-state index >= 15 is 0 Å². The van der Waals surface area contributed by atoms with E-state index in [2.05, 4.69) is 15.9 Å². The molecule has 5 heteroatoms. The molecule has 0 atom stereocenters. The molecule has 2 aromatic rings. The number of carbonyl (C=O) groups is 1. The Kier molecular flexibility index (Phi) is 4.27. The van der Waals surface area contributed by atoms with Gasteiger partial charge in [-0.05, 0) is 43.0 Å². The van der Waals surface area contributed by atoms with Crippen molar-refractivity contribution >= 4 is 38.2 Å². The number of hydrogen-bond acceptors (Lipinski definition) is 3. The molecular weight excluding hydrogens is 326 g/mol. The summed E-state index contributed by atoms with van der Waals surface area (Å²) < 4.78 is 1.04. The van der Waals surface area contributed by atoms with Crippen LogP contribution in [0.15, 0.2) is 28.7 Å². The van der Waals surface area contributed by atoms with Gasteiger partial charge in [-0.1, -0.05) is 28.1 Å². The molecule has 0 saturated heterocycles. The molecule has 0 unspecified atom stereocenters. The number of carboxylic acid groups (broad SMARTS) is 1. The maximum atomic E-state index is 11.2. The first-order valence-electron chi connectivity index (χ1n) is 5.84. The molecule has 1 heterocycles. The number of benzene rings is 1. The minimum atomic E-state index is -0.937. The van der Waals surface area contributed by atoms with Crippen LogP contribution in [0.4, 0.5) is 5.00 Å². The Morgan fingerprint density at radius 1 is 1.32 bits per heavy atom. The maximum Gasteiger partial charge on any atom is 0.338 e. The largest absolute Gasteiger partial charge is 0.478 e. The van der Waals surface area contributed by atoms with Gasteiger partial charge in [0, 0.05) is 9.35 Å². The summed E-state index contributed by atoms with van der Waals surface area (Å²) in [6.45, 7) is 1.92. The fourth-order valence-electron chi connectivity index (χ4n) is 2.06. The van der Waals surface area contributed by atoms with E-state index in [9.17, 15) is 9.90 Å². The van der Waals surface area contributed by atoms with E-state index in [1.54, 1.807) is 0 Å². The fraction of sp³-hybridized carbons (Fsp3) is 0.214. The quantitative estimate of drug-likeness (QED) is 0.888. The van der Waals surface area contributed by atoms with Crippen molar-refractivity contribution in [2.45, 2.75) is 19.8 Å². The Morgan fingerprint density at radius 3 is 2.53 bits per heavy atom. The van der Waals surface area contributed by atoms with Gasteiger partial charge in [-0.2, -0.15) is 0 Å². The van der Waals surface area contributed by atoms with E-state index in [1.165, 1.54) is 16.9 Å². The first-order chi connectivity index (χ1) is 8.99. The average Bonchev–Trinajstić information content (AvgIpc) is 2.63. The number of nitrogen functional groups attached to an aromatic ring is 1. The number of nitrogens with two attached hydrogens (primary N) is 1. The van der Waals surface area contributed by atoms with Crippen LogP contribution in [0, 0.1) is 6.92 Å². The molecule has 3 N–H and O–H groups in total.